The second-order valence-corrected chi connectivity index (χ2v) is 28.7. The van der Waals surface area contributed by atoms with E-state index in [2.05, 4.69) is 78.9 Å². The van der Waals surface area contributed by atoms with Crippen molar-refractivity contribution in [1.29, 1.82) is 0 Å². The van der Waals surface area contributed by atoms with Crippen LogP contribution in [-0.2, 0) is 42.7 Å². The standard InChI is InChI=1S/C55H63BrF2N4O5S2Si/c1-37(51(63)66-9)32-38-18-16-19-39(33-38)55(7,52-60-50(62(8)61-52)44-34-40(24-25-45(44)57)68-49-46(58)35-47-43(48(49)56)26-29-59-47)28-17-27-54(5,6)36-69(64,65)31-30-67-70(53(2,3)4,41-20-12-10-13-21-41)42-22-14-11-15-23-42/h10-16,18-26,29,33-35,37,59H,17,27-28,30-32,36H2,1-9H3/t37-,55?/m0/s1. The number of carbonyl (C=O) groups excluding carboxylic acids is 1. The summed E-state index contributed by atoms with van der Waals surface area (Å²) in [6.45, 7) is 14.5. The monoisotopic (exact) mass is 1070 g/mol. The Morgan fingerprint density at radius 2 is 1.54 bits per heavy atom. The van der Waals surface area contributed by atoms with Gasteiger partial charge >= 0.3 is 5.97 Å². The van der Waals surface area contributed by atoms with E-state index in [1.165, 1.54) is 31.0 Å². The van der Waals surface area contributed by atoms with Gasteiger partial charge < -0.3 is 14.1 Å². The number of benzene rings is 5. The van der Waals surface area contributed by atoms with Gasteiger partial charge in [-0.05, 0) is 104 Å². The number of aromatic amines is 1. The SMILES string of the molecule is COC(=O)[C@@H](C)Cc1cccc(C(C)(CCCC(C)(C)CS(=O)(=O)CCO[Si](c2ccccc2)(c2ccccc2)C(C)(C)C)c2nc(-c3cc(Sc4c(F)cc5[nH]ccc5c4Br)ccc3F)n(C)n2)c1. The quantitative estimate of drug-likeness (QED) is 0.0593. The number of esters is 1. The lowest BCUT2D eigenvalue weighted by atomic mass is 9.75. The smallest absolute Gasteiger partial charge is 0.308 e. The number of carbonyl (C=O) groups is 1. The third-order valence-corrected chi connectivity index (χ3v) is 22.6. The molecule has 0 saturated carbocycles. The molecule has 0 radical (unpaired) electrons. The second-order valence-electron chi connectivity index (χ2n) is 20.3. The number of hydrogen-bond acceptors (Lipinski definition) is 8. The fourth-order valence-corrected chi connectivity index (χ4v) is 17.9. The zero-order chi connectivity index (χ0) is 50.6. The summed E-state index contributed by atoms with van der Waals surface area (Å²) in [6, 6.07) is 36.4. The predicted molar refractivity (Wildman–Crippen MR) is 284 cm³/mol. The lowest BCUT2D eigenvalue weighted by Crippen LogP contribution is -2.66. The molecule has 5 aromatic carbocycles. The topological polar surface area (TPSA) is 116 Å². The van der Waals surface area contributed by atoms with Crippen LogP contribution in [-0.4, -0.2) is 67.7 Å². The van der Waals surface area contributed by atoms with Crippen LogP contribution in [0, 0.1) is 23.0 Å². The molecule has 2 atom stereocenters. The predicted octanol–water partition coefficient (Wildman–Crippen LogP) is 12.0. The number of fused-ring (bicyclic) bond motifs is 1. The highest BCUT2D eigenvalue weighted by molar-refractivity contribution is 9.10. The minimum Gasteiger partial charge on any atom is -0.469 e. The van der Waals surface area contributed by atoms with Gasteiger partial charge in [-0.1, -0.05) is 145 Å². The molecule has 0 amide bonds. The number of aromatic nitrogens is 4. The van der Waals surface area contributed by atoms with Crippen LogP contribution in [0.25, 0.3) is 22.3 Å². The number of rotatable bonds is 20. The number of nitrogens with one attached hydrogen (secondary N) is 1. The number of halogens is 3. The van der Waals surface area contributed by atoms with Crippen molar-refractivity contribution in [2.75, 3.05) is 25.2 Å². The molecule has 2 heterocycles. The Labute approximate surface area is 425 Å². The van der Waals surface area contributed by atoms with Crippen molar-refractivity contribution >= 4 is 73.1 Å². The number of nitrogens with zero attached hydrogens (tertiary/aromatic N) is 3. The summed E-state index contributed by atoms with van der Waals surface area (Å²) in [7, 11) is -3.40. The number of hydrogen-bond donors (Lipinski definition) is 1. The molecule has 2 aromatic heterocycles. The Bertz CT molecular complexity index is 3030. The lowest BCUT2D eigenvalue weighted by Gasteiger charge is -2.43. The molecule has 0 aliphatic heterocycles. The minimum absolute atomic E-state index is 0.0269. The summed E-state index contributed by atoms with van der Waals surface area (Å²) in [5, 5.41) is 7.68. The summed E-state index contributed by atoms with van der Waals surface area (Å²) in [5.74, 6) is -0.996. The fourth-order valence-electron chi connectivity index (χ4n) is 9.72. The zero-order valence-corrected chi connectivity index (χ0v) is 45.6. The van der Waals surface area contributed by atoms with Crippen molar-refractivity contribution < 1.29 is 31.2 Å². The van der Waals surface area contributed by atoms with Crippen molar-refractivity contribution in [1.82, 2.24) is 19.7 Å². The summed E-state index contributed by atoms with van der Waals surface area (Å²) >= 11 is 4.76. The molecule has 7 aromatic rings. The van der Waals surface area contributed by atoms with E-state index >= 15 is 8.78 Å². The first-order valence-corrected chi connectivity index (χ1v) is 28.9. The van der Waals surface area contributed by atoms with Crippen LogP contribution in [0.5, 0.6) is 0 Å². The molecular formula is C55H63BrF2N4O5S2Si. The first-order valence-electron chi connectivity index (χ1n) is 23.5. The van der Waals surface area contributed by atoms with Crippen LogP contribution in [0.4, 0.5) is 8.78 Å². The number of H-pyrrole nitrogens is 1. The van der Waals surface area contributed by atoms with E-state index in [0.29, 0.717) is 57.1 Å². The Kier molecular flexibility index (Phi) is 16.2. The average molecular weight is 1070 g/mol. The molecule has 0 saturated heterocycles. The van der Waals surface area contributed by atoms with Crippen molar-refractivity contribution in [3.05, 3.63) is 155 Å². The highest BCUT2D eigenvalue weighted by Gasteiger charge is 2.50. The van der Waals surface area contributed by atoms with Gasteiger partial charge in [0.1, 0.15) is 11.6 Å². The van der Waals surface area contributed by atoms with Gasteiger partial charge in [0, 0.05) is 40.1 Å². The summed E-state index contributed by atoms with van der Waals surface area (Å²) < 4.78 is 73.7. The van der Waals surface area contributed by atoms with Gasteiger partial charge in [0.25, 0.3) is 8.32 Å². The maximum absolute atomic E-state index is 15.9. The molecule has 1 N–H and O–H groups in total. The normalized spacial score (nSPS) is 13.9. The Balaban J connectivity index is 1.13. The first kappa shape index (κ1) is 52.9. The zero-order valence-electron chi connectivity index (χ0n) is 41.4. The third-order valence-electron chi connectivity index (χ3n) is 13.3. The molecule has 15 heteroatoms. The minimum atomic E-state index is -3.57. The molecular weight excluding hydrogens is 1010 g/mol. The summed E-state index contributed by atoms with van der Waals surface area (Å²) in [4.78, 5) is 21.6. The van der Waals surface area contributed by atoms with E-state index in [1.54, 1.807) is 30.1 Å². The van der Waals surface area contributed by atoms with Gasteiger partial charge in [-0.3, -0.25) is 4.79 Å². The largest absolute Gasteiger partial charge is 0.469 e. The van der Waals surface area contributed by atoms with Crippen LogP contribution in [0.3, 0.4) is 0 Å². The molecule has 9 nitrogen and oxygen atoms in total. The van der Waals surface area contributed by atoms with E-state index in [4.69, 9.17) is 19.2 Å². The molecule has 70 heavy (non-hydrogen) atoms. The average Bonchev–Trinajstić information content (AvgIpc) is 3.96. The molecule has 0 aliphatic rings. The van der Waals surface area contributed by atoms with Gasteiger partial charge in [-0.25, -0.2) is 26.9 Å². The second kappa shape index (κ2) is 21.4. The van der Waals surface area contributed by atoms with E-state index in [1.807, 2.05) is 81.4 Å². The van der Waals surface area contributed by atoms with Crippen molar-refractivity contribution in [3.8, 4) is 11.4 Å². The van der Waals surface area contributed by atoms with Crippen LogP contribution >= 0.6 is 27.7 Å². The number of sulfone groups is 1. The van der Waals surface area contributed by atoms with Gasteiger partial charge in [-0.15, -0.1) is 0 Å². The molecule has 0 spiro atoms. The number of aryl methyl sites for hydroxylation is 1. The summed E-state index contributed by atoms with van der Waals surface area (Å²) in [5.41, 5.74) is 1.26. The Morgan fingerprint density at radius 1 is 0.871 bits per heavy atom. The molecule has 0 fully saturated rings. The molecule has 0 aliphatic carbocycles. The molecule has 1 unspecified atom stereocenters. The maximum atomic E-state index is 15.9. The van der Waals surface area contributed by atoms with E-state index in [9.17, 15) is 13.2 Å². The van der Waals surface area contributed by atoms with Gasteiger partial charge in [-0.2, -0.15) is 5.10 Å². The number of methoxy groups -OCH3 is 1. The van der Waals surface area contributed by atoms with Gasteiger partial charge in [0.2, 0.25) is 0 Å². The van der Waals surface area contributed by atoms with E-state index in [0.717, 1.165) is 26.9 Å². The fraction of sp³-hybridized carbons (Fsp3) is 0.364. The molecule has 0 bridgehead atoms. The van der Waals surface area contributed by atoms with Crippen LogP contribution in [0.15, 0.2) is 136 Å². The maximum Gasteiger partial charge on any atom is 0.308 e. The van der Waals surface area contributed by atoms with E-state index in [-0.39, 0.29) is 40.6 Å². The van der Waals surface area contributed by atoms with Gasteiger partial charge in [0.15, 0.2) is 21.5 Å². The van der Waals surface area contributed by atoms with Gasteiger partial charge in [0.05, 0.1) is 40.4 Å². The third kappa shape index (κ3) is 11.5. The number of ether oxygens (including phenoxy) is 1. The van der Waals surface area contributed by atoms with Crippen LogP contribution < -0.4 is 10.4 Å². The molecule has 370 valence electrons. The van der Waals surface area contributed by atoms with Crippen LogP contribution in [0.2, 0.25) is 5.04 Å². The molecule has 7 rings (SSSR count). The van der Waals surface area contributed by atoms with E-state index < -0.39 is 40.6 Å². The van der Waals surface area contributed by atoms with Crippen molar-refractivity contribution in [2.45, 2.75) is 94.4 Å². The lowest BCUT2D eigenvalue weighted by molar-refractivity contribution is -0.144. The summed E-state index contributed by atoms with van der Waals surface area (Å²) in [6.07, 6.45) is 3.91. The Morgan fingerprint density at radius 3 is 2.19 bits per heavy atom. The van der Waals surface area contributed by atoms with Crippen molar-refractivity contribution in [3.63, 3.8) is 0 Å². The highest BCUT2D eigenvalue weighted by atomic mass is 79.9. The van der Waals surface area contributed by atoms with Crippen molar-refractivity contribution in [2.24, 2.45) is 18.4 Å². The first-order chi connectivity index (χ1) is 33.1. The van der Waals surface area contributed by atoms with Crippen LogP contribution in [0.1, 0.15) is 84.7 Å². The Hall–Kier alpha value is -4.93. The highest BCUT2D eigenvalue weighted by Crippen LogP contribution is 2.43.